The van der Waals surface area contributed by atoms with Crippen molar-refractivity contribution in [3.63, 3.8) is 0 Å². The van der Waals surface area contributed by atoms with Gasteiger partial charge in [0, 0.05) is 11.1 Å². The van der Waals surface area contributed by atoms with Gasteiger partial charge in [-0.15, -0.1) is 0 Å². The molecule has 0 amide bonds. The number of hydrogen-bond donors (Lipinski definition) is 1. The minimum atomic E-state index is -0.657. The Morgan fingerprint density at radius 3 is 1.95 bits per heavy atom. The Hall–Kier alpha value is -2.68. The summed E-state index contributed by atoms with van der Waals surface area (Å²) in [5.74, 6) is -1.35. The van der Waals surface area contributed by atoms with Crippen molar-refractivity contribution in [3.8, 4) is 0 Å². The van der Waals surface area contributed by atoms with Gasteiger partial charge in [-0.3, -0.25) is 9.59 Å². The standard InChI is InChI=1S/C17H12O3/c1-10-6-2-3-7-11(10)14-15(18)12-8-4-5-9-13(12)16(19)17(14)20/h2-9,18H,1H3. The molecule has 0 saturated carbocycles. The van der Waals surface area contributed by atoms with Crippen LogP contribution in [-0.2, 0) is 4.79 Å². The van der Waals surface area contributed by atoms with Gasteiger partial charge >= 0.3 is 0 Å². The van der Waals surface area contributed by atoms with Crippen molar-refractivity contribution in [2.45, 2.75) is 6.92 Å². The molecule has 0 aliphatic heterocycles. The molecule has 20 heavy (non-hydrogen) atoms. The first kappa shape index (κ1) is 12.4. The maximum absolute atomic E-state index is 12.3. The van der Waals surface area contributed by atoms with Crippen LogP contribution in [0.1, 0.15) is 27.0 Å². The van der Waals surface area contributed by atoms with Crippen LogP contribution in [-0.4, -0.2) is 16.7 Å². The van der Waals surface area contributed by atoms with Gasteiger partial charge < -0.3 is 5.11 Å². The lowest BCUT2D eigenvalue weighted by molar-refractivity contribution is -0.110. The molecule has 0 bridgehead atoms. The topological polar surface area (TPSA) is 54.4 Å². The van der Waals surface area contributed by atoms with Gasteiger partial charge in [0.2, 0.25) is 11.6 Å². The summed E-state index contributed by atoms with van der Waals surface area (Å²) >= 11 is 0. The Bertz CT molecular complexity index is 769. The number of benzene rings is 2. The zero-order valence-electron chi connectivity index (χ0n) is 10.9. The molecule has 0 aromatic heterocycles. The third kappa shape index (κ3) is 1.67. The van der Waals surface area contributed by atoms with E-state index in [4.69, 9.17) is 0 Å². The molecule has 3 heteroatoms. The number of rotatable bonds is 1. The number of aryl methyl sites for hydroxylation is 1. The average Bonchev–Trinajstić information content (AvgIpc) is 2.47. The van der Waals surface area contributed by atoms with Gasteiger partial charge in [0.05, 0.1) is 5.57 Å². The minimum Gasteiger partial charge on any atom is -0.506 e. The van der Waals surface area contributed by atoms with Crippen molar-refractivity contribution in [2.75, 3.05) is 0 Å². The van der Waals surface area contributed by atoms with Gasteiger partial charge in [0.15, 0.2) is 0 Å². The fourth-order valence-corrected chi connectivity index (χ4v) is 2.47. The van der Waals surface area contributed by atoms with Gasteiger partial charge in [-0.05, 0) is 18.1 Å². The fourth-order valence-electron chi connectivity index (χ4n) is 2.47. The number of allylic oxidation sites excluding steroid dienone is 1. The molecule has 2 aromatic rings. The molecule has 0 fully saturated rings. The van der Waals surface area contributed by atoms with Crippen molar-refractivity contribution in [1.82, 2.24) is 0 Å². The number of ketones is 2. The molecule has 1 N–H and O–H groups in total. The number of Topliss-reactive ketones (excluding diaryl/α,β-unsaturated/α-hetero) is 2. The van der Waals surface area contributed by atoms with Crippen LogP contribution in [0.5, 0.6) is 0 Å². The molecule has 1 aliphatic rings. The van der Waals surface area contributed by atoms with E-state index in [1.807, 2.05) is 19.1 Å². The molecule has 0 saturated heterocycles. The quantitative estimate of drug-likeness (QED) is 0.805. The Morgan fingerprint density at radius 2 is 1.30 bits per heavy atom. The second kappa shape index (κ2) is 4.46. The summed E-state index contributed by atoms with van der Waals surface area (Å²) in [6.07, 6.45) is 0. The van der Waals surface area contributed by atoms with Crippen LogP contribution >= 0.6 is 0 Å². The van der Waals surface area contributed by atoms with E-state index < -0.39 is 11.6 Å². The van der Waals surface area contributed by atoms with Crippen molar-refractivity contribution in [2.24, 2.45) is 0 Å². The van der Waals surface area contributed by atoms with Crippen molar-refractivity contribution >= 4 is 22.9 Å². The highest BCUT2D eigenvalue weighted by Crippen LogP contribution is 2.34. The zero-order valence-corrected chi connectivity index (χ0v) is 10.9. The third-order valence-electron chi connectivity index (χ3n) is 3.51. The molecule has 0 atom stereocenters. The van der Waals surface area contributed by atoms with E-state index in [0.29, 0.717) is 11.1 Å². The van der Waals surface area contributed by atoms with Gasteiger partial charge in [0.25, 0.3) is 0 Å². The van der Waals surface area contributed by atoms with Crippen molar-refractivity contribution in [3.05, 3.63) is 70.8 Å². The van der Waals surface area contributed by atoms with Crippen LogP contribution in [0, 0.1) is 6.92 Å². The Balaban J connectivity index is 2.33. The van der Waals surface area contributed by atoms with E-state index in [1.54, 1.807) is 36.4 Å². The minimum absolute atomic E-state index is 0.0896. The lowest BCUT2D eigenvalue weighted by atomic mass is 9.84. The summed E-state index contributed by atoms with van der Waals surface area (Å²) < 4.78 is 0. The summed E-state index contributed by atoms with van der Waals surface area (Å²) in [6, 6.07) is 13.8. The predicted octanol–water partition coefficient (Wildman–Crippen LogP) is 3.19. The van der Waals surface area contributed by atoms with Crippen molar-refractivity contribution in [1.29, 1.82) is 0 Å². The first-order valence-corrected chi connectivity index (χ1v) is 6.29. The Kier molecular flexibility index (Phi) is 2.75. The molecule has 0 heterocycles. The van der Waals surface area contributed by atoms with Crippen LogP contribution in [0.15, 0.2) is 48.5 Å². The summed E-state index contributed by atoms with van der Waals surface area (Å²) in [7, 11) is 0. The van der Waals surface area contributed by atoms with E-state index in [-0.39, 0.29) is 16.9 Å². The molecule has 3 rings (SSSR count). The lowest BCUT2D eigenvalue weighted by Crippen LogP contribution is -2.23. The smallest absolute Gasteiger partial charge is 0.237 e. The monoisotopic (exact) mass is 264 g/mol. The molecule has 3 nitrogen and oxygen atoms in total. The summed E-state index contributed by atoms with van der Waals surface area (Å²) in [5, 5.41) is 10.4. The van der Waals surface area contributed by atoms with E-state index in [0.717, 1.165) is 5.56 Å². The number of carbonyl (C=O) groups is 2. The molecule has 2 aromatic carbocycles. The molecule has 0 unspecified atom stereocenters. The Morgan fingerprint density at radius 1 is 0.750 bits per heavy atom. The number of hydrogen-bond acceptors (Lipinski definition) is 3. The summed E-state index contributed by atoms with van der Waals surface area (Å²) in [5.41, 5.74) is 2.20. The number of fused-ring (bicyclic) bond motifs is 1. The van der Waals surface area contributed by atoms with E-state index >= 15 is 0 Å². The van der Waals surface area contributed by atoms with Crippen LogP contribution in [0.3, 0.4) is 0 Å². The molecule has 98 valence electrons. The maximum atomic E-state index is 12.3. The second-order valence-corrected chi connectivity index (χ2v) is 4.74. The lowest BCUT2D eigenvalue weighted by Gasteiger charge is -2.18. The fraction of sp³-hybridized carbons (Fsp3) is 0.0588. The summed E-state index contributed by atoms with van der Waals surface area (Å²) in [4.78, 5) is 24.4. The first-order valence-electron chi connectivity index (χ1n) is 6.29. The second-order valence-electron chi connectivity index (χ2n) is 4.74. The number of carbonyl (C=O) groups excluding carboxylic acids is 2. The van der Waals surface area contributed by atoms with E-state index in [9.17, 15) is 14.7 Å². The zero-order chi connectivity index (χ0) is 14.3. The molecular formula is C17H12O3. The highest BCUT2D eigenvalue weighted by atomic mass is 16.3. The first-order chi connectivity index (χ1) is 9.61. The van der Waals surface area contributed by atoms with Gasteiger partial charge in [0.1, 0.15) is 5.76 Å². The van der Waals surface area contributed by atoms with Gasteiger partial charge in [-0.2, -0.15) is 0 Å². The third-order valence-corrected chi connectivity index (χ3v) is 3.51. The van der Waals surface area contributed by atoms with Gasteiger partial charge in [-0.25, -0.2) is 0 Å². The van der Waals surface area contributed by atoms with Crippen LogP contribution in [0.25, 0.3) is 11.3 Å². The highest BCUT2D eigenvalue weighted by Gasteiger charge is 2.33. The average molecular weight is 264 g/mol. The van der Waals surface area contributed by atoms with Crippen LogP contribution in [0.4, 0.5) is 0 Å². The maximum Gasteiger partial charge on any atom is 0.237 e. The van der Waals surface area contributed by atoms with E-state index in [2.05, 4.69) is 0 Å². The van der Waals surface area contributed by atoms with Crippen molar-refractivity contribution < 1.29 is 14.7 Å². The normalized spacial score (nSPS) is 14.4. The van der Waals surface area contributed by atoms with Gasteiger partial charge in [-0.1, -0.05) is 48.5 Å². The van der Waals surface area contributed by atoms with Crippen LogP contribution < -0.4 is 0 Å². The predicted molar refractivity (Wildman–Crippen MR) is 76.4 cm³/mol. The molecular weight excluding hydrogens is 252 g/mol. The number of aliphatic hydroxyl groups is 1. The van der Waals surface area contributed by atoms with Crippen LogP contribution in [0.2, 0.25) is 0 Å². The summed E-state index contributed by atoms with van der Waals surface area (Å²) in [6.45, 7) is 1.84. The van der Waals surface area contributed by atoms with E-state index in [1.165, 1.54) is 0 Å². The largest absolute Gasteiger partial charge is 0.506 e. The SMILES string of the molecule is Cc1ccccc1C1=C(O)c2ccccc2C(=O)C1=O. The number of aliphatic hydroxyl groups excluding tert-OH is 1. The highest BCUT2D eigenvalue weighted by molar-refractivity contribution is 6.62. The molecule has 1 aliphatic carbocycles. The Labute approximate surface area is 116 Å². The molecule has 0 spiro atoms. The molecule has 0 radical (unpaired) electrons.